The van der Waals surface area contributed by atoms with Crippen LogP contribution < -0.4 is 0 Å². The molecule has 3 nitrogen and oxygen atoms in total. The Balaban J connectivity index is 2.28. The lowest BCUT2D eigenvalue weighted by atomic mass is 9.87. The SMILES string of the molecule is CCOC(=O)C1(Sc2ccccc2)CCCCC1=O. The molecule has 2 rings (SSSR count). The van der Waals surface area contributed by atoms with Gasteiger partial charge in [-0.3, -0.25) is 9.59 Å². The maximum absolute atomic E-state index is 12.3. The summed E-state index contributed by atoms with van der Waals surface area (Å²) in [4.78, 5) is 25.5. The molecule has 0 aromatic heterocycles. The third-order valence-corrected chi connectivity index (χ3v) is 4.73. The Morgan fingerprint density at radius 1 is 1.32 bits per heavy atom. The fourth-order valence-electron chi connectivity index (χ4n) is 2.30. The molecule has 0 radical (unpaired) electrons. The van der Waals surface area contributed by atoms with Crippen molar-refractivity contribution in [2.75, 3.05) is 6.61 Å². The van der Waals surface area contributed by atoms with E-state index in [-0.39, 0.29) is 11.8 Å². The number of ether oxygens (including phenoxy) is 1. The van der Waals surface area contributed by atoms with Crippen LogP contribution in [0.25, 0.3) is 0 Å². The van der Waals surface area contributed by atoms with E-state index in [2.05, 4.69) is 0 Å². The van der Waals surface area contributed by atoms with Crippen LogP contribution in [-0.4, -0.2) is 23.1 Å². The van der Waals surface area contributed by atoms with Gasteiger partial charge < -0.3 is 4.74 Å². The average Bonchev–Trinajstić information content (AvgIpc) is 2.43. The van der Waals surface area contributed by atoms with E-state index in [1.165, 1.54) is 11.8 Å². The summed E-state index contributed by atoms with van der Waals surface area (Å²) in [6.07, 6.45) is 2.81. The predicted octanol–water partition coefficient (Wildman–Crippen LogP) is 3.22. The standard InChI is InChI=1S/C15H18O3S/c1-2-18-14(17)15(11-7-6-10-13(15)16)19-12-8-4-3-5-9-12/h3-5,8-9H,2,6-7,10-11H2,1H3. The van der Waals surface area contributed by atoms with Crippen LogP contribution in [0.4, 0.5) is 0 Å². The fraction of sp³-hybridized carbons (Fsp3) is 0.467. The van der Waals surface area contributed by atoms with Gasteiger partial charge in [0.1, 0.15) is 0 Å². The first-order valence-corrected chi connectivity index (χ1v) is 7.45. The Morgan fingerprint density at radius 2 is 2.05 bits per heavy atom. The molecule has 1 unspecified atom stereocenters. The van der Waals surface area contributed by atoms with Gasteiger partial charge >= 0.3 is 5.97 Å². The quantitative estimate of drug-likeness (QED) is 0.626. The number of hydrogen-bond acceptors (Lipinski definition) is 4. The smallest absolute Gasteiger partial charge is 0.330 e. The molecule has 0 spiro atoms. The highest BCUT2D eigenvalue weighted by Crippen LogP contribution is 2.42. The summed E-state index contributed by atoms with van der Waals surface area (Å²) in [7, 11) is 0. The van der Waals surface area contributed by atoms with Crippen LogP contribution in [0.2, 0.25) is 0 Å². The van der Waals surface area contributed by atoms with Gasteiger partial charge in [-0.15, -0.1) is 0 Å². The number of carbonyl (C=O) groups is 2. The van der Waals surface area contributed by atoms with E-state index in [1.54, 1.807) is 6.92 Å². The van der Waals surface area contributed by atoms with Crippen molar-refractivity contribution in [1.29, 1.82) is 0 Å². The van der Waals surface area contributed by atoms with Gasteiger partial charge in [-0.05, 0) is 31.9 Å². The third kappa shape index (κ3) is 3.00. The van der Waals surface area contributed by atoms with Gasteiger partial charge in [0.15, 0.2) is 10.5 Å². The van der Waals surface area contributed by atoms with Crippen LogP contribution in [0, 0.1) is 0 Å². The van der Waals surface area contributed by atoms with Gasteiger partial charge in [0.25, 0.3) is 0 Å². The van der Waals surface area contributed by atoms with Gasteiger partial charge in [-0.2, -0.15) is 0 Å². The summed E-state index contributed by atoms with van der Waals surface area (Å²) < 4.78 is 4.11. The molecule has 1 aliphatic carbocycles. The van der Waals surface area contributed by atoms with Crippen LogP contribution in [0.3, 0.4) is 0 Å². The van der Waals surface area contributed by atoms with Crippen LogP contribution >= 0.6 is 11.8 Å². The molecule has 19 heavy (non-hydrogen) atoms. The van der Waals surface area contributed by atoms with Crippen molar-refractivity contribution >= 4 is 23.5 Å². The van der Waals surface area contributed by atoms with Crippen molar-refractivity contribution in [3.05, 3.63) is 30.3 Å². The summed E-state index contributed by atoms with van der Waals surface area (Å²) in [5, 5.41) is 0. The van der Waals surface area contributed by atoms with E-state index < -0.39 is 4.75 Å². The summed E-state index contributed by atoms with van der Waals surface area (Å²) in [6, 6.07) is 9.59. The fourth-order valence-corrected chi connectivity index (χ4v) is 3.60. The molecule has 4 heteroatoms. The molecule has 0 amide bonds. The number of hydrogen-bond donors (Lipinski definition) is 0. The first-order valence-electron chi connectivity index (χ1n) is 6.63. The lowest BCUT2D eigenvalue weighted by molar-refractivity contribution is -0.150. The minimum atomic E-state index is -1.03. The Bertz CT molecular complexity index is 458. The van der Waals surface area contributed by atoms with Gasteiger partial charge in [-0.1, -0.05) is 36.4 Å². The molecule has 1 saturated carbocycles. The van der Waals surface area contributed by atoms with Crippen molar-refractivity contribution in [1.82, 2.24) is 0 Å². The zero-order valence-corrected chi connectivity index (χ0v) is 11.9. The van der Waals surface area contributed by atoms with Crippen LogP contribution in [0.15, 0.2) is 35.2 Å². The van der Waals surface area contributed by atoms with Crippen LogP contribution in [0.5, 0.6) is 0 Å². The maximum atomic E-state index is 12.3. The molecule has 0 heterocycles. The van der Waals surface area contributed by atoms with E-state index in [1.807, 2.05) is 30.3 Å². The zero-order chi connectivity index (χ0) is 13.7. The second-order valence-corrected chi connectivity index (χ2v) is 5.97. The monoisotopic (exact) mass is 278 g/mol. The lowest BCUT2D eigenvalue weighted by Gasteiger charge is -2.32. The summed E-state index contributed by atoms with van der Waals surface area (Å²) in [5.41, 5.74) is 0. The number of thioether (sulfide) groups is 1. The van der Waals surface area contributed by atoms with Crippen molar-refractivity contribution in [3.63, 3.8) is 0 Å². The van der Waals surface area contributed by atoms with E-state index in [9.17, 15) is 9.59 Å². The highest BCUT2D eigenvalue weighted by molar-refractivity contribution is 8.02. The molecule has 1 aromatic carbocycles. The molecule has 1 aromatic rings. The topological polar surface area (TPSA) is 43.4 Å². The average molecular weight is 278 g/mol. The second kappa shape index (κ2) is 6.24. The molecular weight excluding hydrogens is 260 g/mol. The van der Waals surface area contributed by atoms with Gasteiger partial charge in [-0.25, -0.2) is 0 Å². The van der Waals surface area contributed by atoms with E-state index in [0.29, 0.717) is 19.4 Å². The molecule has 0 aliphatic heterocycles. The number of benzene rings is 1. The van der Waals surface area contributed by atoms with Crippen molar-refractivity contribution in [2.24, 2.45) is 0 Å². The number of rotatable bonds is 4. The van der Waals surface area contributed by atoms with Crippen LogP contribution in [-0.2, 0) is 14.3 Å². The maximum Gasteiger partial charge on any atom is 0.330 e. The largest absolute Gasteiger partial charge is 0.465 e. The molecule has 0 saturated heterocycles. The second-order valence-electron chi connectivity index (χ2n) is 4.59. The number of carbonyl (C=O) groups excluding carboxylic acids is 2. The molecule has 1 aliphatic rings. The van der Waals surface area contributed by atoms with E-state index in [0.717, 1.165) is 17.7 Å². The normalized spacial score (nSPS) is 23.1. The summed E-state index contributed by atoms with van der Waals surface area (Å²) in [6.45, 7) is 2.08. The lowest BCUT2D eigenvalue weighted by Crippen LogP contribution is -2.46. The Kier molecular flexibility index (Phi) is 4.64. The van der Waals surface area contributed by atoms with E-state index in [4.69, 9.17) is 4.74 Å². The molecule has 0 bridgehead atoms. The molecule has 102 valence electrons. The Labute approximate surface area is 117 Å². The van der Waals surface area contributed by atoms with E-state index >= 15 is 0 Å². The number of Topliss-reactive ketones (excluding diaryl/α,β-unsaturated/α-hetero) is 1. The third-order valence-electron chi connectivity index (χ3n) is 3.27. The number of ketones is 1. The molecule has 1 atom stereocenters. The highest BCUT2D eigenvalue weighted by Gasteiger charge is 2.48. The molecular formula is C15H18O3S. The van der Waals surface area contributed by atoms with Gasteiger partial charge in [0, 0.05) is 11.3 Å². The first kappa shape index (κ1) is 14.1. The first-order chi connectivity index (χ1) is 9.19. The van der Waals surface area contributed by atoms with Crippen molar-refractivity contribution in [2.45, 2.75) is 42.2 Å². The zero-order valence-electron chi connectivity index (χ0n) is 11.1. The summed E-state index contributed by atoms with van der Waals surface area (Å²) >= 11 is 1.34. The Hall–Kier alpha value is -1.29. The molecule has 1 fully saturated rings. The van der Waals surface area contributed by atoms with Gasteiger partial charge in [0.2, 0.25) is 0 Å². The predicted molar refractivity (Wildman–Crippen MR) is 75.1 cm³/mol. The van der Waals surface area contributed by atoms with Crippen molar-refractivity contribution < 1.29 is 14.3 Å². The molecule has 0 N–H and O–H groups in total. The van der Waals surface area contributed by atoms with Crippen LogP contribution in [0.1, 0.15) is 32.6 Å². The minimum Gasteiger partial charge on any atom is -0.465 e. The highest BCUT2D eigenvalue weighted by atomic mass is 32.2. The van der Waals surface area contributed by atoms with Gasteiger partial charge in [0.05, 0.1) is 6.61 Å². The minimum absolute atomic E-state index is 0.00560. The van der Waals surface area contributed by atoms with Crippen molar-refractivity contribution in [3.8, 4) is 0 Å². The number of esters is 1. The Morgan fingerprint density at radius 3 is 2.68 bits per heavy atom. The summed E-state index contributed by atoms with van der Waals surface area (Å²) in [5.74, 6) is -0.375.